The van der Waals surface area contributed by atoms with E-state index >= 15 is 0 Å². The molecule has 1 saturated heterocycles. The Labute approximate surface area is 170 Å². The van der Waals surface area contributed by atoms with Gasteiger partial charge in [-0.1, -0.05) is 6.58 Å². The second-order valence-corrected chi connectivity index (χ2v) is 9.94. The Morgan fingerprint density at radius 3 is 2.41 bits per heavy atom. The zero-order valence-electron chi connectivity index (χ0n) is 16.7. The highest BCUT2D eigenvalue weighted by Crippen LogP contribution is 2.33. The van der Waals surface area contributed by atoms with E-state index in [-0.39, 0.29) is 29.4 Å². The predicted molar refractivity (Wildman–Crippen MR) is 109 cm³/mol. The largest absolute Gasteiger partial charge is 0.444 e. The Hall–Kier alpha value is -2.81. The van der Waals surface area contributed by atoms with Crippen LogP contribution in [0.25, 0.3) is 0 Å². The molecule has 3 rings (SSSR count). The molecule has 29 heavy (non-hydrogen) atoms. The maximum absolute atomic E-state index is 12.9. The molecule has 1 unspecified atom stereocenters. The Bertz CT molecular complexity index is 961. The first-order valence-electron chi connectivity index (χ1n) is 9.23. The first kappa shape index (κ1) is 20.9. The van der Waals surface area contributed by atoms with E-state index < -0.39 is 15.6 Å². The van der Waals surface area contributed by atoms with Gasteiger partial charge in [-0.2, -0.15) is 0 Å². The van der Waals surface area contributed by atoms with Gasteiger partial charge in [0.25, 0.3) is 10.0 Å². The van der Waals surface area contributed by atoms with Gasteiger partial charge in [0.1, 0.15) is 5.60 Å². The molecule has 156 valence electrons. The van der Waals surface area contributed by atoms with Crippen LogP contribution in [-0.4, -0.2) is 54.9 Å². The molecule has 1 atom stereocenters. The fraction of sp³-hybridized carbons (Fsp3) is 0.400. The van der Waals surface area contributed by atoms with Crippen LogP contribution in [0.3, 0.4) is 0 Å². The zero-order valence-corrected chi connectivity index (χ0v) is 17.5. The van der Waals surface area contributed by atoms with Gasteiger partial charge in [-0.15, -0.1) is 0 Å². The van der Waals surface area contributed by atoms with Gasteiger partial charge < -0.3 is 15.0 Å². The second-order valence-electron chi connectivity index (χ2n) is 8.05. The van der Waals surface area contributed by atoms with Crippen LogP contribution in [0.4, 0.5) is 10.5 Å². The highest BCUT2D eigenvalue weighted by atomic mass is 32.2. The lowest BCUT2D eigenvalue weighted by Crippen LogP contribution is -2.37. The number of benzene rings is 1. The first-order valence-corrected chi connectivity index (χ1v) is 10.7. The van der Waals surface area contributed by atoms with Crippen LogP contribution >= 0.6 is 0 Å². The van der Waals surface area contributed by atoms with E-state index in [0.29, 0.717) is 18.8 Å². The number of amides is 2. The van der Waals surface area contributed by atoms with Gasteiger partial charge in [0, 0.05) is 37.4 Å². The van der Waals surface area contributed by atoms with E-state index in [0.717, 1.165) is 11.6 Å². The van der Waals surface area contributed by atoms with Crippen molar-refractivity contribution in [2.75, 3.05) is 25.0 Å². The number of sulfonamides is 1. The van der Waals surface area contributed by atoms with Gasteiger partial charge >= 0.3 is 6.09 Å². The standard InChI is InChI=1S/C20H25N3O5S/c1-5-18(24)21-16-6-8-17(9-7-16)29(26,27)23-12-14-10-22(11-15(14)13-23)19(25)28-20(2,3)4/h5-9,12,15H,1,10-11,13H2,2-4H3,(H,21,24). The van der Waals surface area contributed by atoms with E-state index in [9.17, 15) is 18.0 Å². The molecule has 1 fully saturated rings. The molecule has 2 aliphatic rings. The summed E-state index contributed by atoms with van der Waals surface area (Å²) in [6, 6.07) is 5.96. The second kappa shape index (κ2) is 7.55. The van der Waals surface area contributed by atoms with Crippen molar-refractivity contribution in [1.29, 1.82) is 0 Å². The molecule has 0 saturated carbocycles. The average molecular weight is 420 g/mol. The Kier molecular flexibility index (Phi) is 5.44. The molecule has 2 amide bonds. The third kappa shape index (κ3) is 4.61. The molecule has 1 aromatic rings. The highest BCUT2D eigenvalue weighted by Gasteiger charge is 2.40. The van der Waals surface area contributed by atoms with Crippen molar-refractivity contribution in [2.45, 2.75) is 31.3 Å². The number of carbonyl (C=O) groups is 2. The Balaban J connectivity index is 1.69. The van der Waals surface area contributed by atoms with Gasteiger partial charge in [-0.25, -0.2) is 13.2 Å². The number of hydrogen-bond acceptors (Lipinski definition) is 5. The summed E-state index contributed by atoms with van der Waals surface area (Å²) in [5.41, 5.74) is 0.809. The topological polar surface area (TPSA) is 96.0 Å². The molecule has 1 N–H and O–H groups in total. The molecule has 2 heterocycles. The number of fused-ring (bicyclic) bond motifs is 1. The Morgan fingerprint density at radius 2 is 1.86 bits per heavy atom. The molecule has 0 aliphatic carbocycles. The van der Waals surface area contributed by atoms with Crippen LogP contribution in [0.5, 0.6) is 0 Å². The quantitative estimate of drug-likeness (QED) is 0.757. The number of nitrogens with zero attached hydrogens (tertiary/aromatic N) is 2. The monoisotopic (exact) mass is 419 g/mol. The van der Waals surface area contributed by atoms with E-state index in [1.54, 1.807) is 11.1 Å². The SMILES string of the molecule is C=CC(=O)Nc1ccc(S(=O)(=O)N2C=C3CN(C(=O)OC(C)(C)C)CC3C2)cc1. The number of nitrogens with one attached hydrogen (secondary N) is 1. The van der Waals surface area contributed by atoms with Gasteiger partial charge in [0.05, 0.1) is 4.90 Å². The summed E-state index contributed by atoms with van der Waals surface area (Å²) in [6.45, 7) is 9.87. The summed E-state index contributed by atoms with van der Waals surface area (Å²) >= 11 is 0. The third-order valence-corrected chi connectivity index (χ3v) is 6.35. The van der Waals surface area contributed by atoms with Crippen LogP contribution in [0.15, 0.2) is 53.6 Å². The first-order chi connectivity index (χ1) is 13.5. The fourth-order valence-corrected chi connectivity index (χ4v) is 4.65. The van der Waals surface area contributed by atoms with Crippen molar-refractivity contribution >= 4 is 27.7 Å². The van der Waals surface area contributed by atoms with Gasteiger partial charge in [-0.3, -0.25) is 9.10 Å². The van der Waals surface area contributed by atoms with Crippen molar-refractivity contribution in [3.8, 4) is 0 Å². The lowest BCUT2D eigenvalue weighted by Gasteiger charge is -2.25. The minimum Gasteiger partial charge on any atom is -0.444 e. The van der Waals surface area contributed by atoms with Gasteiger partial charge in [0.2, 0.25) is 5.91 Å². The van der Waals surface area contributed by atoms with Crippen LogP contribution in [0.2, 0.25) is 0 Å². The van der Waals surface area contributed by atoms with E-state index in [1.165, 1.54) is 28.6 Å². The summed E-state index contributed by atoms with van der Waals surface area (Å²) in [5.74, 6) is -0.407. The maximum atomic E-state index is 12.9. The van der Waals surface area contributed by atoms with Crippen molar-refractivity contribution in [3.05, 3.63) is 48.7 Å². The lowest BCUT2D eigenvalue weighted by molar-refractivity contribution is -0.111. The summed E-state index contributed by atoms with van der Waals surface area (Å²) in [5, 5.41) is 2.58. The number of carbonyl (C=O) groups excluding carboxylic acids is 2. The Morgan fingerprint density at radius 1 is 1.21 bits per heavy atom. The van der Waals surface area contributed by atoms with E-state index in [1.807, 2.05) is 20.8 Å². The van der Waals surface area contributed by atoms with Crippen molar-refractivity contribution in [2.24, 2.45) is 5.92 Å². The molecule has 0 radical (unpaired) electrons. The molecule has 0 spiro atoms. The summed E-state index contributed by atoms with van der Waals surface area (Å²) < 4.78 is 32.6. The molecular formula is C20H25N3O5S. The van der Waals surface area contributed by atoms with Gasteiger partial charge in [-0.05, 0) is 56.7 Å². The molecule has 0 bridgehead atoms. The lowest BCUT2D eigenvalue weighted by atomic mass is 10.1. The molecule has 1 aromatic carbocycles. The van der Waals surface area contributed by atoms with Crippen molar-refractivity contribution in [3.63, 3.8) is 0 Å². The average Bonchev–Trinajstić information content (AvgIpc) is 3.20. The highest BCUT2D eigenvalue weighted by molar-refractivity contribution is 7.89. The van der Waals surface area contributed by atoms with Crippen LogP contribution in [0, 0.1) is 5.92 Å². The van der Waals surface area contributed by atoms with E-state index in [4.69, 9.17) is 4.74 Å². The maximum Gasteiger partial charge on any atom is 0.410 e. The number of rotatable bonds is 4. The smallest absolute Gasteiger partial charge is 0.410 e. The minimum absolute atomic E-state index is 0.0385. The molecule has 8 nitrogen and oxygen atoms in total. The summed E-state index contributed by atoms with van der Waals surface area (Å²) in [6.07, 6.45) is 2.36. The number of anilines is 1. The van der Waals surface area contributed by atoms with Crippen molar-refractivity contribution in [1.82, 2.24) is 9.21 Å². The molecule has 2 aliphatic heterocycles. The number of hydrogen-bond donors (Lipinski definition) is 1. The molecule has 9 heteroatoms. The van der Waals surface area contributed by atoms with Crippen LogP contribution < -0.4 is 5.32 Å². The number of likely N-dealkylation sites (tertiary alicyclic amines) is 1. The number of ether oxygens (including phenoxy) is 1. The van der Waals surface area contributed by atoms with Crippen LogP contribution in [0.1, 0.15) is 20.8 Å². The fourth-order valence-electron chi connectivity index (χ4n) is 3.25. The molecule has 0 aromatic heterocycles. The predicted octanol–water partition coefficient (Wildman–Crippen LogP) is 2.57. The zero-order chi connectivity index (χ0) is 21.4. The molecular weight excluding hydrogens is 394 g/mol. The van der Waals surface area contributed by atoms with Crippen molar-refractivity contribution < 1.29 is 22.7 Å². The minimum atomic E-state index is -3.71. The normalized spacial score (nSPS) is 18.9. The van der Waals surface area contributed by atoms with Gasteiger partial charge in [0.15, 0.2) is 0 Å². The summed E-state index contributed by atoms with van der Waals surface area (Å²) in [4.78, 5) is 25.3. The van der Waals surface area contributed by atoms with E-state index in [2.05, 4.69) is 11.9 Å². The third-order valence-electron chi connectivity index (χ3n) is 4.61. The van der Waals surface area contributed by atoms with Crippen LogP contribution in [-0.2, 0) is 19.6 Å². The summed E-state index contributed by atoms with van der Waals surface area (Å²) in [7, 11) is -3.71.